The third kappa shape index (κ3) is 3.36. The summed E-state index contributed by atoms with van der Waals surface area (Å²) in [5.74, 6) is -6.55. The smallest absolute Gasteiger partial charge is 0.308 e. The van der Waals surface area contributed by atoms with E-state index >= 15 is 0 Å². The van der Waals surface area contributed by atoms with Gasteiger partial charge in [-0.2, -0.15) is 0 Å². The van der Waals surface area contributed by atoms with Crippen LogP contribution in [0.15, 0.2) is 12.1 Å². The minimum atomic E-state index is -1.54. The first-order valence-corrected chi connectivity index (χ1v) is 6.52. The highest BCUT2D eigenvalue weighted by Crippen LogP contribution is 2.34. The number of hydrogen-bond donors (Lipinski definition) is 1. The normalized spacial score (nSPS) is 22.7. The first-order chi connectivity index (χ1) is 9.93. The van der Waals surface area contributed by atoms with Crippen LogP contribution in [0.1, 0.15) is 11.5 Å². The van der Waals surface area contributed by atoms with Gasteiger partial charge in [0.2, 0.25) is 0 Å². The molecule has 1 aromatic rings. The van der Waals surface area contributed by atoms with E-state index in [0.717, 1.165) is 12.1 Å². The Hall–Kier alpha value is -1.60. The second kappa shape index (κ2) is 6.44. The number of carboxylic acid groups (broad SMARTS) is 1. The summed E-state index contributed by atoms with van der Waals surface area (Å²) in [7, 11) is 1.53. The Bertz CT molecular complexity index is 515. The van der Waals surface area contributed by atoms with Gasteiger partial charge in [0, 0.05) is 32.7 Å². The third-order valence-corrected chi connectivity index (χ3v) is 3.76. The van der Waals surface area contributed by atoms with Gasteiger partial charge in [-0.3, -0.25) is 9.69 Å². The van der Waals surface area contributed by atoms with Crippen molar-refractivity contribution in [3.63, 3.8) is 0 Å². The fourth-order valence-electron chi connectivity index (χ4n) is 2.67. The van der Waals surface area contributed by atoms with Gasteiger partial charge in [0.1, 0.15) is 0 Å². The van der Waals surface area contributed by atoms with Gasteiger partial charge in [-0.25, -0.2) is 13.2 Å². The minimum absolute atomic E-state index is 0.165. The summed E-state index contributed by atoms with van der Waals surface area (Å²) < 4.78 is 44.6. The summed E-state index contributed by atoms with van der Waals surface area (Å²) in [5.41, 5.74) is 0.165. The van der Waals surface area contributed by atoms with E-state index in [9.17, 15) is 23.1 Å². The van der Waals surface area contributed by atoms with Gasteiger partial charge < -0.3 is 9.84 Å². The van der Waals surface area contributed by atoms with Gasteiger partial charge in [-0.05, 0) is 17.7 Å². The number of rotatable bonds is 5. The molecule has 7 heteroatoms. The molecule has 0 spiro atoms. The van der Waals surface area contributed by atoms with Crippen LogP contribution in [0.5, 0.6) is 0 Å². The van der Waals surface area contributed by atoms with Crippen LogP contribution in [0, 0.1) is 23.4 Å². The number of benzene rings is 1. The molecule has 0 radical (unpaired) electrons. The molecule has 1 heterocycles. The van der Waals surface area contributed by atoms with Crippen molar-refractivity contribution in [1.82, 2.24) is 4.90 Å². The number of carboxylic acids is 1. The molecular weight excluding hydrogens is 287 g/mol. The van der Waals surface area contributed by atoms with Gasteiger partial charge in [0.25, 0.3) is 0 Å². The van der Waals surface area contributed by atoms with Gasteiger partial charge in [-0.15, -0.1) is 0 Å². The molecular formula is C14H16F3NO3. The number of carbonyl (C=O) groups is 1. The average molecular weight is 303 g/mol. The van der Waals surface area contributed by atoms with Gasteiger partial charge >= 0.3 is 5.97 Å². The molecule has 0 aromatic heterocycles. The molecule has 1 N–H and O–H groups in total. The Kier molecular flexibility index (Phi) is 4.84. The van der Waals surface area contributed by atoms with E-state index in [1.54, 1.807) is 0 Å². The Labute approximate surface area is 120 Å². The maximum atomic E-state index is 13.3. The fraction of sp³-hybridized carbons (Fsp3) is 0.500. The topological polar surface area (TPSA) is 49.8 Å². The predicted molar refractivity (Wildman–Crippen MR) is 68.5 cm³/mol. The van der Waals surface area contributed by atoms with E-state index in [1.807, 2.05) is 4.90 Å². The molecule has 1 fully saturated rings. The molecule has 21 heavy (non-hydrogen) atoms. The Balaban J connectivity index is 2.25. The Morgan fingerprint density at radius 3 is 2.48 bits per heavy atom. The van der Waals surface area contributed by atoms with Crippen molar-refractivity contribution in [2.75, 3.05) is 33.4 Å². The van der Waals surface area contributed by atoms with E-state index in [4.69, 9.17) is 4.74 Å². The average Bonchev–Trinajstić information content (AvgIpc) is 2.86. The molecule has 1 unspecified atom stereocenters. The molecule has 0 bridgehead atoms. The first-order valence-electron chi connectivity index (χ1n) is 6.52. The number of hydrogen-bond acceptors (Lipinski definition) is 3. The maximum Gasteiger partial charge on any atom is 0.308 e. The Morgan fingerprint density at radius 1 is 1.33 bits per heavy atom. The van der Waals surface area contributed by atoms with Crippen LogP contribution in [-0.2, 0) is 9.53 Å². The maximum absolute atomic E-state index is 13.3. The van der Waals surface area contributed by atoms with Crippen LogP contribution in [0.2, 0.25) is 0 Å². The molecule has 1 saturated heterocycles. The van der Waals surface area contributed by atoms with E-state index < -0.39 is 35.3 Å². The lowest BCUT2D eigenvalue weighted by Crippen LogP contribution is -2.26. The molecule has 1 aliphatic rings. The summed E-state index contributed by atoms with van der Waals surface area (Å²) in [6, 6.07) is 1.75. The lowest BCUT2D eigenvalue weighted by Gasteiger charge is -2.16. The Morgan fingerprint density at radius 2 is 1.95 bits per heavy atom. The number of likely N-dealkylation sites (tertiary alicyclic amines) is 1. The van der Waals surface area contributed by atoms with E-state index in [-0.39, 0.29) is 12.1 Å². The number of aliphatic carboxylic acids is 1. The third-order valence-electron chi connectivity index (χ3n) is 3.76. The summed E-state index contributed by atoms with van der Waals surface area (Å²) >= 11 is 0. The zero-order valence-electron chi connectivity index (χ0n) is 11.5. The zero-order valence-corrected chi connectivity index (χ0v) is 11.5. The highest BCUT2D eigenvalue weighted by molar-refractivity contribution is 5.72. The van der Waals surface area contributed by atoms with Crippen molar-refractivity contribution in [2.24, 2.45) is 5.92 Å². The lowest BCUT2D eigenvalue weighted by atomic mass is 9.89. The number of ether oxygens (including phenoxy) is 1. The summed E-state index contributed by atoms with van der Waals surface area (Å²) in [6.07, 6.45) is 0. The van der Waals surface area contributed by atoms with E-state index in [2.05, 4.69) is 0 Å². The number of methoxy groups -OCH3 is 1. The minimum Gasteiger partial charge on any atom is -0.481 e. The monoisotopic (exact) mass is 303 g/mol. The first kappa shape index (κ1) is 15.8. The van der Waals surface area contributed by atoms with Crippen molar-refractivity contribution in [1.29, 1.82) is 0 Å². The second-order valence-corrected chi connectivity index (χ2v) is 5.10. The fourth-order valence-corrected chi connectivity index (χ4v) is 2.67. The standard InChI is InChI=1S/C14H16F3NO3/c1-21-3-2-18-6-9(10(7-18)14(19)20)8-4-11(15)13(17)12(16)5-8/h4-5,9-10H,2-3,6-7H2,1H3,(H,19,20)/t9?,10-/m1/s1. The lowest BCUT2D eigenvalue weighted by molar-refractivity contribution is -0.141. The molecule has 0 aliphatic carbocycles. The molecule has 0 amide bonds. The number of nitrogens with zero attached hydrogens (tertiary/aromatic N) is 1. The molecule has 0 saturated carbocycles. The van der Waals surface area contributed by atoms with Gasteiger partial charge in [0.15, 0.2) is 17.5 Å². The molecule has 1 aromatic carbocycles. The van der Waals surface area contributed by atoms with Crippen molar-refractivity contribution in [3.8, 4) is 0 Å². The summed E-state index contributed by atoms with van der Waals surface area (Å²) in [4.78, 5) is 13.2. The highest BCUT2D eigenvalue weighted by atomic mass is 19.2. The predicted octanol–water partition coefficient (Wildman–Crippen LogP) is 1.85. The summed E-state index contributed by atoms with van der Waals surface area (Å²) in [6.45, 7) is 1.57. The van der Waals surface area contributed by atoms with Crippen LogP contribution >= 0.6 is 0 Å². The van der Waals surface area contributed by atoms with Crippen molar-refractivity contribution < 1.29 is 27.8 Å². The quantitative estimate of drug-likeness (QED) is 0.844. The highest BCUT2D eigenvalue weighted by Gasteiger charge is 2.38. The van der Waals surface area contributed by atoms with Gasteiger partial charge in [0.05, 0.1) is 12.5 Å². The van der Waals surface area contributed by atoms with Crippen molar-refractivity contribution in [2.45, 2.75) is 5.92 Å². The van der Waals surface area contributed by atoms with Crippen LogP contribution in [0.25, 0.3) is 0 Å². The molecule has 116 valence electrons. The molecule has 4 nitrogen and oxygen atoms in total. The van der Waals surface area contributed by atoms with Crippen molar-refractivity contribution >= 4 is 5.97 Å². The van der Waals surface area contributed by atoms with E-state index in [1.165, 1.54) is 7.11 Å². The largest absolute Gasteiger partial charge is 0.481 e. The van der Waals surface area contributed by atoms with Gasteiger partial charge in [-0.1, -0.05) is 0 Å². The second-order valence-electron chi connectivity index (χ2n) is 5.10. The van der Waals surface area contributed by atoms with Crippen LogP contribution < -0.4 is 0 Å². The molecule has 2 atom stereocenters. The van der Waals surface area contributed by atoms with E-state index in [0.29, 0.717) is 19.7 Å². The van der Waals surface area contributed by atoms with Crippen LogP contribution in [-0.4, -0.2) is 49.3 Å². The van der Waals surface area contributed by atoms with Crippen LogP contribution in [0.3, 0.4) is 0 Å². The summed E-state index contributed by atoms with van der Waals surface area (Å²) in [5, 5.41) is 9.26. The molecule has 2 rings (SSSR count). The zero-order chi connectivity index (χ0) is 15.6. The van der Waals surface area contributed by atoms with Crippen molar-refractivity contribution in [3.05, 3.63) is 35.1 Å². The number of halogens is 3. The van der Waals surface area contributed by atoms with Crippen LogP contribution in [0.4, 0.5) is 13.2 Å². The molecule has 1 aliphatic heterocycles. The SMILES string of the molecule is COCCN1CC(c2cc(F)c(F)c(F)c2)[C@H](C(=O)O)C1.